The van der Waals surface area contributed by atoms with Gasteiger partial charge >= 0.3 is 95.1 Å². The zero-order chi connectivity index (χ0) is 15.8. The Kier molecular flexibility index (Phi) is 12.3. The molecular weight excluding hydrogens is 685 g/mol. The topological polar surface area (TPSA) is 0 Å². The van der Waals surface area contributed by atoms with Crippen molar-refractivity contribution in [2.45, 2.75) is 6.42 Å². The fourth-order valence-electron chi connectivity index (χ4n) is 2.08. The second-order valence-electron chi connectivity index (χ2n) is 3.92. The maximum Gasteiger partial charge on any atom is -0.00135 e. The van der Waals surface area contributed by atoms with Crippen LogP contribution in [0.2, 0.25) is 0 Å². The quantitative estimate of drug-likeness (QED) is 0.225. The minimum Gasteiger partial charge on any atom is -0.0619 e. The molecular formula is C13H10Br3Cl3Zr2. The molecule has 0 aromatic heterocycles. The first-order chi connectivity index (χ1) is 9.91. The summed E-state index contributed by atoms with van der Waals surface area (Å²) in [4.78, 5) is 0. The molecule has 0 nitrogen and oxygen atoms in total. The molecule has 0 N–H and O–H groups in total. The van der Waals surface area contributed by atoms with Crippen LogP contribution < -0.4 is 0 Å². The Morgan fingerprint density at radius 2 is 1.00 bits per heavy atom. The van der Waals surface area contributed by atoms with Gasteiger partial charge in [-0.15, -0.1) is 0 Å². The number of benzene rings is 2. The molecule has 0 spiro atoms. The molecule has 0 saturated heterocycles. The first-order valence-corrected chi connectivity index (χ1v) is 32.1. The Hall–Kier alpha value is 2.52. The SMILES string of the molecule is [Br][Zr]([Br])[Br].[Cl][Zr]([Cl])[Cl].c1ccc2c(c1)Cc1ccccc1-2. The predicted molar refractivity (Wildman–Crippen MR) is 99.0 cm³/mol. The van der Waals surface area contributed by atoms with Crippen molar-refractivity contribution in [2.24, 2.45) is 0 Å². The summed E-state index contributed by atoms with van der Waals surface area (Å²) in [6.07, 6.45) is 1.10. The number of fused-ring (bicyclic) bond motifs is 3. The zero-order valence-corrected chi connectivity index (χ0v) is 22.5. The molecule has 112 valence electrons. The van der Waals surface area contributed by atoms with Gasteiger partial charge in [0.25, 0.3) is 0 Å². The minimum absolute atomic E-state index is 1.10. The van der Waals surface area contributed by atoms with E-state index in [0.29, 0.717) is 0 Å². The number of rotatable bonds is 0. The van der Waals surface area contributed by atoms with E-state index in [9.17, 15) is 0 Å². The van der Waals surface area contributed by atoms with Crippen molar-refractivity contribution in [3.05, 3.63) is 59.7 Å². The van der Waals surface area contributed by atoms with Crippen molar-refractivity contribution < 1.29 is 32.9 Å². The Bertz CT molecular complexity index is 513. The number of halogens is 6. The molecule has 0 radical (unpaired) electrons. The maximum atomic E-state index is 5.00. The van der Waals surface area contributed by atoms with Crippen LogP contribution in [0.1, 0.15) is 11.1 Å². The molecule has 0 unspecified atom stereocenters. The summed E-state index contributed by atoms with van der Waals surface area (Å²) >= 11 is 6.67. The van der Waals surface area contributed by atoms with Crippen molar-refractivity contribution in [1.29, 1.82) is 0 Å². The van der Waals surface area contributed by atoms with Crippen LogP contribution >= 0.6 is 62.2 Å². The van der Waals surface area contributed by atoms with E-state index in [1.54, 1.807) is 0 Å². The van der Waals surface area contributed by atoms with Gasteiger partial charge in [0.05, 0.1) is 0 Å². The standard InChI is InChI=1S/C13H10.3BrH.3ClH.2Zr/c1-3-7-12-10(5-1)9-11-6-2-4-8-13(11)12;;;;;;;;/h1-8H,9H2;6*1H;;/q;;;;;;;2*+3/p-6. The van der Waals surface area contributed by atoms with Crippen LogP contribution in [0.15, 0.2) is 48.5 Å². The fraction of sp³-hybridized carbons (Fsp3) is 0.0769. The summed E-state index contributed by atoms with van der Waals surface area (Å²) in [7, 11) is 15.0. The van der Waals surface area contributed by atoms with Crippen LogP contribution in [0.25, 0.3) is 11.1 Å². The van der Waals surface area contributed by atoms with E-state index in [1.165, 1.54) is 22.3 Å². The average molecular weight is 695 g/mol. The Morgan fingerprint density at radius 3 is 1.33 bits per heavy atom. The van der Waals surface area contributed by atoms with Gasteiger partial charge in [0.1, 0.15) is 0 Å². The molecule has 0 aliphatic heterocycles. The third-order valence-corrected chi connectivity index (χ3v) is 2.71. The second kappa shape index (κ2) is 12.0. The fourth-order valence-corrected chi connectivity index (χ4v) is 2.08. The molecule has 21 heavy (non-hydrogen) atoms. The van der Waals surface area contributed by atoms with Crippen LogP contribution in [0.3, 0.4) is 0 Å². The third kappa shape index (κ3) is 8.96. The molecule has 8 heteroatoms. The van der Waals surface area contributed by atoms with Gasteiger partial charge in [-0.25, -0.2) is 0 Å². The second-order valence-corrected chi connectivity index (χ2v) is 49.1. The van der Waals surface area contributed by atoms with E-state index < -0.39 is 32.9 Å². The molecule has 0 fully saturated rings. The smallest absolute Gasteiger partial charge is 0.00135 e. The summed E-state index contributed by atoms with van der Waals surface area (Å²) in [5, 5.41) is 0. The van der Waals surface area contributed by atoms with Crippen molar-refractivity contribution in [2.75, 3.05) is 0 Å². The monoisotopic (exact) mass is 688 g/mol. The maximum absolute atomic E-state index is 5.00. The summed E-state index contributed by atoms with van der Waals surface area (Å²) in [5.74, 6) is 0. The molecule has 1 aliphatic rings. The molecule has 0 amide bonds. The van der Waals surface area contributed by atoms with Crippen LogP contribution in [0.4, 0.5) is 0 Å². The van der Waals surface area contributed by atoms with Crippen LogP contribution in [0.5, 0.6) is 0 Å². The van der Waals surface area contributed by atoms with E-state index in [-0.39, 0.29) is 0 Å². The van der Waals surface area contributed by atoms with Gasteiger partial charge in [-0.2, -0.15) is 0 Å². The summed E-state index contributed by atoms with van der Waals surface area (Å²) < 4.78 is 0. The van der Waals surface area contributed by atoms with Gasteiger partial charge in [-0.1, -0.05) is 48.5 Å². The minimum atomic E-state index is -2.13. The van der Waals surface area contributed by atoms with E-state index >= 15 is 0 Å². The molecule has 3 rings (SSSR count). The average Bonchev–Trinajstić information content (AvgIpc) is 2.76. The molecule has 2 aromatic carbocycles. The molecule has 0 saturated carbocycles. The predicted octanol–water partition coefficient (Wildman–Crippen LogP) is 7.86. The third-order valence-electron chi connectivity index (χ3n) is 2.71. The number of hydrogen-bond acceptors (Lipinski definition) is 0. The molecule has 1 aliphatic carbocycles. The van der Waals surface area contributed by atoms with Crippen molar-refractivity contribution in [3.63, 3.8) is 0 Å². The van der Waals surface area contributed by atoms with Crippen LogP contribution in [-0.2, 0) is 39.3 Å². The summed E-state index contributed by atoms with van der Waals surface area (Å²) in [6, 6.07) is 17.3. The van der Waals surface area contributed by atoms with Crippen molar-refractivity contribution in [1.82, 2.24) is 0 Å². The van der Waals surface area contributed by atoms with E-state index in [4.69, 9.17) is 25.5 Å². The van der Waals surface area contributed by atoms with Crippen LogP contribution in [0, 0.1) is 0 Å². The first kappa shape index (κ1) is 21.6. The van der Waals surface area contributed by atoms with Gasteiger partial charge < -0.3 is 0 Å². The van der Waals surface area contributed by atoms with E-state index in [1.807, 2.05) is 0 Å². The first-order valence-electron chi connectivity index (χ1n) is 5.75. The molecule has 2 aromatic rings. The molecule has 0 heterocycles. The summed E-state index contributed by atoms with van der Waals surface area (Å²) in [5.41, 5.74) is 5.75. The summed E-state index contributed by atoms with van der Waals surface area (Å²) in [6.45, 7) is 0. The van der Waals surface area contributed by atoms with E-state index in [2.05, 4.69) is 85.2 Å². The van der Waals surface area contributed by atoms with Gasteiger partial charge in [-0.3, -0.25) is 0 Å². The Labute approximate surface area is 169 Å². The normalized spacial score (nSPS) is 10.2. The van der Waals surface area contributed by atoms with Gasteiger partial charge in [0.15, 0.2) is 0 Å². The van der Waals surface area contributed by atoms with Crippen molar-refractivity contribution in [3.8, 4) is 11.1 Å². The molecule has 0 bridgehead atoms. The zero-order valence-electron chi connectivity index (χ0n) is 10.6. The Morgan fingerprint density at radius 1 is 0.714 bits per heavy atom. The van der Waals surface area contributed by atoms with Gasteiger partial charge in [0, 0.05) is 0 Å². The van der Waals surface area contributed by atoms with Crippen molar-refractivity contribution >= 4 is 62.2 Å². The Balaban J connectivity index is 0.000000234. The molecule has 0 atom stereocenters. The number of hydrogen-bond donors (Lipinski definition) is 0. The van der Waals surface area contributed by atoms with Gasteiger partial charge in [0.2, 0.25) is 0 Å². The van der Waals surface area contributed by atoms with E-state index in [0.717, 1.165) is 6.42 Å². The largest absolute Gasteiger partial charge is 0.0619 e. The van der Waals surface area contributed by atoms with Crippen LogP contribution in [-0.4, -0.2) is 0 Å². The van der Waals surface area contributed by atoms with Gasteiger partial charge in [-0.05, 0) is 28.7 Å².